The fourth-order valence-corrected chi connectivity index (χ4v) is 6.82. The average Bonchev–Trinajstić information content (AvgIpc) is 4.00. The number of pyridine rings is 2. The first kappa shape index (κ1) is 33.8. The van der Waals surface area contributed by atoms with E-state index in [2.05, 4.69) is 48.6 Å². The molecule has 0 radical (unpaired) electrons. The molecule has 0 spiro atoms. The van der Waals surface area contributed by atoms with E-state index in [1.165, 1.54) is 12.8 Å². The van der Waals surface area contributed by atoms with Gasteiger partial charge < -0.3 is 0 Å². The van der Waals surface area contributed by atoms with Crippen LogP contribution in [0.4, 0.5) is 0 Å². The fraction of sp³-hybridized carbons (Fsp3) is 0.231. The summed E-state index contributed by atoms with van der Waals surface area (Å²) >= 11 is 3.41. The van der Waals surface area contributed by atoms with Crippen LogP contribution in [0.3, 0.4) is 0 Å². The Kier molecular flexibility index (Phi) is 9.52. The SMILES string of the molecule is C.C#Cc1ccccn1.Cl.O=c1c2ccc(Br)cc2nc2n1CC1CC21.O=c1c2ccc(C#Cc3ccccn3)cc2nc2n1CC1CC21. The third-order valence-electron chi connectivity index (χ3n) is 9.09. The summed E-state index contributed by atoms with van der Waals surface area (Å²) in [6.07, 6.45) is 10.8. The van der Waals surface area contributed by atoms with Crippen LogP contribution in [0.2, 0.25) is 0 Å². The van der Waals surface area contributed by atoms with Crippen LogP contribution in [0.25, 0.3) is 21.8 Å². The molecule has 0 N–H and O–H groups in total. The number of hydrogen-bond acceptors (Lipinski definition) is 6. The normalized spacial score (nSPS) is 19.3. The number of halogens is 2. The van der Waals surface area contributed by atoms with Crippen molar-refractivity contribution in [3.8, 4) is 24.2 Å². The second-order valence-corrected chi connectivity index (χ2v) is 13.1. The van der Waals surface area contributed by atoms with E-state index >= 15 is 0 Å². The molecule has 2 aliphatic heterocycles. The van der Waals surface area contributed by atoms with E-state index in [0.29, 0.717) is 34.8 Å². The molecule has 4 unspecified atom stereocenters. The van der Waals surface area contributed by atoms with Crippen molar-refractivity contribution in [1.82, 2.24) is 29.1 Å². The minimum Gasteiger partial charge on any atom is -0.296 e. The predicted octanol–water partition coefficient (Wildman–Crippen LogP) is 6.71. The van der Waals surface area contributed by atoms with E-state index in [9.17, 15) is 9.59 Å². The van der Waals surface area contributed by atoms with E-state index in [-0.39, 0.29) is 31.0 Å². The molecule has 6 heterocycles. The molecule has 4 aliphatic rings. The summed E-state index contributed by atoms with van der Waals surface area (Å²) in [4.78, 5) is 42.2. The van der Waals surface area contributed by atoms with Gasteiger partial charge in [-0.2, -0.15) is 0 Å². The van der Waals surface area contributed by atoms with Gasteiger partial charge in [-0.25, -0.2) is 19.9 Å². The van der Waals surface area contributed by atoms with Crippen LogP contribution in [0, 0.1) is 36.0 Å². The molecule has 2 aromatic carbocycles. The Hall–Kier alpha value is -5.09. The molecule has 6 aromatic rings. The molecule has 0 bridgehead atoms. The quantitative estimate of drug-likeness (QED) is 0.161. The van der Waals surface area contributed by atoms with Crippen LogP contribution < -0.4 is 11.1 Å². The molecule has 2 aliphatic carbocycles. The highest BCUT2D eigenvalue weighted by molar-refractivity contribution is 9.10. The number of rotatable bonds is 0. The lowest BCUT2D eigenvalue weighted by Crippen LogP contribution is -2.22. The Morgan fingerprint density at radius 1 is 0.714 bits per heavy atom. The van der Waals surface area contributed by atoms with Crippen molar-refractivity contribution in [2.45, 2.75) is 45.2 Å². The van der Waals surface area contributed by atoms with E-state index < -0.39 is 0 Å². The molecular weight excluding hydrogens is 700 g/mol. The Labute approximate surface area is 298 Å². The zero-order valence-corrected chi connectivity index (χ0v) is 28.0. The average molecular weight is 732 g/mol. The molecule has 244 valence electrons. The largest absolute Gasteiger partial charge is 0.296 e. The van der Waals surface area contributed by atoms with E-state index in [1.54, 1.807) is 18.5 Å². The molecule has 2 saturated carbocycles. The van der Waals surface area contributed by atoms with Crippen LogP contribution in [-0.4, -0.2) is 29.1 Å². The number of hydrogen-bond donors (Lipinski definition) is 0. The Balaban J connectivity index is 0.000000140. The van der Waals surface area contributed by atoms with Crippen LogP contribution in [-0.2, 0) is 13.1 Å². The first-order valence-electron chi connectivity index (χ1n) is 15.5. The lowest BCUT2D eigenvalue weighted by Gasteiger charge is -2.07. The fourth-order valence-electron chi connectivity index (χ4n) is 6.47. The van der Waals surface area contributed by atoms with Gasteiger partial charge in [0.05, 0.1) is 21.8 Å². The highest BCUT2D eigenvalue weighted by atomic mass is 79.9. The molecule has 8 nitrogen and oxygen atoms in total. The van der Waals surface area contributed by atoms with Crippen molar-refractivity contribution in [2.24, 2.45) is 11.8 Å². The van der Waals surface area contributed by atoms with Gasteiger partial charge in [-0.1, -0.05) is 47.3 Å². The zero-order valence-electron chi connectivity index (χ0n) is 25.6. The van der Waals surface area contributed by atoms with Crippen molar-refractivity contribution >= 4 is 50.1 Å². The number of fused-ring (bicyclic) bond motifs is 8. The Morgan fingerprint density at radius 3 is 1.80 bits per heavy atom. The van der Waals surface area contributed by atoms with Gasteiger partial charge in [0.25, 0.3) is 11.1 Å². The molecule has 0 amide bonds. The number of terminal acetylenes is 1. The van der Waals surface area contributed by atoms with Gasteiger partial charge in [0.2, 0.25) is 0 Å². The summed E-state index contributed by atoms with van der Waals surface area (Å²) in [6, 6.07) is 22.4. The maximum Gasteiger partial charge on any atom is 0.261 e. The minimum absolute atomic E-state index is 0. The summed E-state index contributed by atoms with van der Waals surface area (Å²) in [7, 11) is 0. The number of nitrogens with zero attached hydrogens (tertiary/aromatic N) is 6. The van der Waals surface area contributed by atoms with Crippen molar-refractivity contribution < 1.29 is 0 Å². The number of benzene rings is 2. The molecule has 49 heavy (non-hydrogen) atoms. The van der Waals surface area contributed by atoms with Crippen molar-refractivity contribution in [2.75, 3.05) is 0 Å². The molecule has 4 atom stereocenters. The molecule has 2 fully saturated rings. The topological polar surface area (TPSA) is 95.6 Å². The van der Waals surface area contributed by atoms with E-state index in [1.807, 2.05) is 75.9 Å². The summed E-state index contributed by atoms with van der Waals surface area (Å²) in [5, 5.41) is 1.41. The second-order valence-electron chi connectivity index (χ2n) is 12.2. The summed E-state index contributed by atoms with van der Waals surface area (Å²) in [5.41, 5.74) is 4.05. The Morgan fingerprint density at radius 2 is 1.27 bits per heavy atom. The molecule has 0 saturated heterocycles. The molecular formula is C39H32BrClN6O2. The predicted molar refractivity (Wildman–Crippen MR) is 198 cm³/mol. The highest BCUT2D eigenvalue weighted by Gasteiger charge is 2.48. The molecule has 10 heteroatoms. The van der Waals surface area contributed by atoms with Crippen molar-refractivity contribution in [3.05, 3.63) is 139 Å². The minimum atomic E-state index is 0. The zero-order chi connectivity index (χ0) is 32.1. The lowest BCUT2D eigenvalue weighted by atomic mass is 10.1. The third kappa shape index (κ3) is 6.65. The first-order valence-corrected chi connectivity index (χ1v) is 16.3. The van der Waals surface area contributed by atoms with Crippen LogP contribution in [0.1, 0.15) is 60.7 Å². The van der Waals surface area contributed by atoms with E-state index in [4.69, 9.17) is 11.4 Å². The van der Waals surface area contributed by atoms with Gasteiger partial charge in [0.15, 0.2) is 0 Å². The second kappa shape index (κ2) is 13.8. The van der Waals surface area contributed by atoms with Crippen LogP contribution >= 0.6 is 28.3 Å². The number of aromatic nitrogens is 6. The molecule has 10 rings (SSSR count). The van der Waals surface area contributed by atoms with Crippen LogP contribution in [0.15, 0.2) is 99.3 Å². The van der Waals surface area contributed by atoms with Gasteiger partial charge >= 0.3 is 0 Å². The monoisotopic (exact) mass is 730 g/mol. The Bertz CT molecular complexity index is 2430. The maximum atomic E-state index is 12.6. The van der Waals surface area contributed by atoms with Gasteiger partial charge in [0, 0.05) is 47.4 Å². The smallest absolute Gasteiger partial charge is 0.261 e. The highest BCUT2D eigenvalue weighted by Crippen LogP contribution is 2.52. The standard InChI is InChI=1S/C19H13N3O.C12H9BrN2O.C7H5N.CH4.ClH/c23-19-15-7-5-12(4-6-14-3-1-2-8-20-14)9-17(15)21-18-16-10-13(16)11-22(18)19;13-7-1-2-8-10(4-7)14-11-9-3-6(9)5-15(11)12(8)16;1-2-7-5-3-4-6-8-7;;/h1-3,5,7-9,13,16H,10-11H2;1-2,4,6,9H,3,5H2;1,3-6H;1H4;1H. The van der Waals surface area contributed by atoms with Gasteiger partial charge in [0.1, 0.15) is 23.0 Å². The maximum absolute atomic E-state index is 12.6. The van der Waals surface area contributed by atoms with Gasteiger partial charge in [-0.15, -0.1) is 18.8 Å². The third-order valence-corrected chi connectivity index (χ3v) is 9.58. The van der Waals surface area contributed by atoms with Crippen molar-refractivity contribution in [1.29, 1.82) is 0 Å². The summed E-state index contributed by atoms with van der Waals surface area (Å²) in [6.45, 7) is 1.71. The first-order chi connectivity index (χ1) is 23.0. The lowest BCUT2D eigenvalue weighted by molar-refractivity contribution is 0.642. The van der Waals surface area contributed by atoms with Crippen LogP contribution in [0.5, 0.6) is 0 Å². The van der Waals surface area contributed by atoms with Gasteiger partial charge in [-0.3, -0.25) is 18.7 Å². The summed E-state index contributed by atoms with van der Waals surface area (Å²) < 4.78 is 4.68. The molecule has 4 aromatic heterocycles. The van der Waals surface area contributed by atoms with Crippen molar-refractivity contribution in [3.63, 3.8) is 0 Å². The van der Waals surface area contributed by atoms with E-state index in [0.717, 1.165) is 56.9 Å². The van der Waals surface area contributed by atoms with Gasteiger partial charge in [-0.05, 0) is 91.3 Å². The summed E-state index contributed by atoms with van der Waals surface area (Å²) in [5.74, 6) is 12.9.